The van der Waals surface area contributed by atoms with Crippen LogP contribution < -0.4 is 11.1 Å². The summed E-state index contributed by atoms with van der Waals surface area (Å²) < 4.78 is 1.06. The van der Waals surface area contributed by atoms with Gasteiger partial charge in [0.2, 0.25) is 5.91 Å². The fraction of sp³-hybridized carbons (Fsp3) is 0.444. The van der Waals surface area contributed by atoms with Gasteiger partial charge >= 0.3 is 0 Å². The molecule has 0 bridgehead atoms. The molecule has 0 unspecified atom stereocenters. The van der Waals surface area contributed by atoms with Crippen LogP contribution in [0.1, 0.15) is 19.4 Å². The van der Waals surface area contributed by atoms with Crippen molar-refractivity contribution in [1.82, 2.24) is 5.32 Å². The maximum Gasteiger partial charge on any atom is 0.239 e. The van der Waals surface area contributed by atoms with Crippen molar-refractivity contribution in [2.24, 2.45) is 5.73 Å². The van der Waals surface area contributed by atoms with Crippen LogP contribution in [0.5, 0.6) is 0 Å². The van der Waals surface area contributed by atoms with Gasteiger partial charge in [-0.05, 0) is 46.8 Å². The SMILES string of the molecule is CC(C)(N)C(=O)NCc1csc(Br)c1. The number of rotatable bonds is 3. The van der Waals surface area contributed by atoms with Gasteiger partial charge in [-0.3, -0.25) is 4.79 Å². The molecule has 1 aromatic rings. The molecule has 0 aromatic carbocycles. The van der Waals surface area contributed by atoms with Gasteiger partial charge in [0.1, 0.15) is 0 Å². The Morgan fingerprint density at radius 3 is 2.79 bits per heavy atom. The van der Waals surface area contributed by atoms with E-state index in [9.17, 15) is 4.79 Å². The number of amides is 1. The molecular formula is C9H13BrN2OS. The predicted molar refractivity (Wildman–Crippen MR) is 62.1 cm³/mol. The smallest absolute Gasteiger partial charge is 0.239 e. The lowest BCUT2D eigenvalue weighted by Crippen LogP contribution is -2.48. The highest BCUT2D eigenvalue weighted by Gasteiger charge is 2.21. The lowest BCUT2D eigenvalue weighted by molar-refractivity contribution is -0.125. The molecule has 1 aromatic heterocycles. The Morgan fingerprint density at radius 2 is 2.36 bits per heavy atom. The maximum atomic E-state index is 11.4. The van der Waals surface area contributed by atoms with Crippen molar-refractivity contribution in [1.29, 1.82) is 0 Å². The van der Waals surface area contributed by atoms with E-state index in [-0.39, 0.29) is 5.91 Å². The Kier molecular flexibility index (Phi) is 3.69. The Morgan fingerprint density at radius 1 is 1.71 bits per heavy atom. The summed E-state index contributed by atoms with van der Waals surface area (Å²) in [5, 5.41) is 4.77. The number of carbonyl (C=O) groups is 1. The zero-order valence-electron chi connectivity index (χ0n) is 8.13. The van der Waals surface area contributed by atoms with E-state index in [1.165, 1.54) is 0 Å². The van der Waals surface area contributed by atoms with E-state index in [0.717, 1.165) is 9.35 Å². The number of halogens is 1. The first kappa shape index (κ1) is 11.7. The van der Waals surface area contributed by atoms with E-state index in [1.54, 1.807) is 25.2 Å². The summed E-state index contributed by atoms with van der Waals surface area (Å²) in [4.78, 5) is 11.4. The van der Waals surface area contributed by atoms with Crippen molar-refractivity contribution in [3.05, 3.63) is 20.8 Å². The first-order valence-corrected chi connectivity index (χ1v) is 5.87. The van der Waals surface area contributed by atoms with Crippen LogP contribution >= 0.6 is 27.3 Å². The first-order chi connectivity index (χ1) is 6.39. The minimum absolute atomic E-state index is 0.139. The molecule has 0 aliphatic rings. The maximum absolute atomic E-state index is 11.4. The average molecular weight is 277 g/mol. The quantitative estimate of drug-likeness (QED) is 0.886. The second-order valence-corrected chi connectivity index (χ2v) is 5.95. The summed E-state index contributed by atoms with van der Waals surface area (Å²) in [6.07, 6.45) is 0. The molecule has 0 fully saturated rings. The molecule has 0 aliphatic carbocycles. The van der Waals surface area contributed by atoms with E-state index < -0.39 is 5.54 Å². The number of nitrogens with two attached hydrogens (primary N) is 1. The van der Waals surface area contributed by atoms with Crippen LogP contribution in [0.2, 0.25) is 0 Å². The molecule has 0 aliphatic heterocycles. The van der Waals surface area contributed by atoms with Crippen LogP contribution in [0.4, 0.5) is 0 Å². The van der Waals surface area contributed by atoms with Gasteiger partial charge in [0.05, 0.1) is 9.33 Å². The highest BCUT2D eigenvalue weighted by molar-refractivity contribution is 9.11. The third kappa shape index (κ3) is 3.40. The second-order valence-electron chi connectivity index (χ2n) is 3.66. The molecular weight excluding hydrogens is 264 g/mol. The van der Waals surface area contributed by atoms with Crippen molar-refractivity contribution < 1.29 is 4.79 Å². The summed E-state index contributed by atoms with van der Waals surface area (Å²) in [5.74, 6) is -0.139. The average Bonchev–Trinajstić information content (AvgIpc) is 2.45. The second kappa shape index (κ2) is 4.42. The molecule has 5 heteroatoms. The summed E-state index contributed by atoms with van der Waals surface area (Å²) in [5.41, 5.74) is 5.90. The van der Waals surface area contributed by atoms with E-state index in [0.29, 0.717) is 6.54 Å². The normalized spacial score (nSPS) is 11.4. The molecule has 0 atom stereocenters. The number of hydrogen-bond acceptors (Lipinski definition) is 3. The molecule has 1 rings (SSSR count). The van der Waals surface area contributed by atoms with Crippen molar-refractivity contribution >= 4 is 33.2 Å². The van der Waals surface area contributed by atoms with Gasteiger partial charge in [0.25, 0.3) is 0 Å². The topological polar surface area (TPSA) is 55.1 Å². The zero-order valence-corrected chi connectivity index (χ0v) is 10.5. The highest BCUT2D eigenvalue weighted by Crippen LogP contribution is 2.20. The highest BCUT2D eigenvalue weighted by atomic mass is 79.9. The fourth-order valence-corrected chi connectivity index (χ4v) is 2.06. The van der Waals surface area contributed by atoms with Crippen LogP contribution in [0, 0.1) is 0 Å². The van der Waals surface area contributed by atoms with Crippen LogP contribution in [0.25, 0.3) is 0 Å². The molecule has 1 heterocycles. The van der Waals surface area contributed by atoms with Crippen molar-refractivity contribution in [2.45, 2.75) is 25.9 Å². The summed E-state index contributed by atoms with van der Waals surface area (Å²) in [7, 11) is 0. The number of carbonyl (C=O) groups excluding carboxylic acids is 1. The summed E-state index contributed by atoms with van der Waals surface area (Å²) in [6.45, 7) is 3.90. The van der Waals surface area contributed by atoms with Crippen molar-refractivity contribution in [2.75, 3.05) is 0 Å². The molecule has 0 saturated heterocycles. The third-order valence-electron chi connectivity index (χ3n) is 1.66. The number of thiophene rings is 1. The zero-order chi connectivity index (χ0) is 10.8. The van der Waals surface area contributed by atoms with Gasteiger partial charge < -0.3 is 11.1 Å². The molecule has 78 valence electrons. The van der Waals surface area contributed by atoms with E-state index >= 15 is 0 Å². The standard InChI is InChI=1S/C9H13BrN2OS/c1-9(2,11)8(13)12-4-6-3-7(10)14-5-6/h3,5H,4,11H2,1-2H3,(H,12,13). The minimum atomic E-state index is -0.812. The molecule has 3 N–H and O–H groups in total. The van der Waals surface area contributed by atoms with Gasteiger partial charge in [-0.15, -0.1) is 11.3 Å². The monoisotopic (exact) mass is 276 g/mol. The van der Waals surface area contributed by atoms with Crippen LogP contribution in [-0.4, -0.2) is 11.4 Å². The first-order valence-electron chi connectivity index (χ1n) is 4.19. The minimum Gasteiger partial charge on any atom is -0.350 e. The Bertz CT molecular complexity index is 330. The van der Waals surface area contributed by atoms with Gasteiger partial charge in [0, 0.05) is 6.54 Å². The Labute approximate surface area is 95.8 Å². The molecule has 0 radical (unpaired) electrons. The van der Waals surface area contributed by atoms with Gasteiger partial charge in [-0.25, -0.2) is 0 Å². The van der Waals surface area contributed by atoms with Gasteiger partial charge in [-0.1, -0.05) is 0 Å². The van der Waals surface area contributed by atoms with Gasteiger partial charge in [0.15, 0.2) is 0 Å². The van der Waals surface area contributed by atoms with E-state index in [2.05, 4.69) is 21.2 Å². The summed E-state index contributed by atoms with van der Waals surface area (Å²) in [6, 6.07) is 1.98. The molecule has 0 saturated carbocycles. The van der Waals surface area contributed by atoms with Gasteiger partial charge in [-0.2, -0.15) is 0 Å². The molecule has 0 spiro atoms. The summed E-state index contributed by atoms with van der Waals surface area (Å²) >= 11 is 4.96. The molecule has 14 heavy (non-hydrogen) atoms. The molecule has 1 amide bonds. The molecule has 3 nitrogen and oxygen atoms in total. The number of hydrogen-bond donors (Lipinski definition) is 2. The van der Waals surface area contributed by atoms with Crippen LogP contribution in [0.3, 0.4) is 0 Å². The Balaban J connectivity index is 2.46. The third-order valence-corrected chi connectivity index (χ3v) is 3.21. The lowest BCUT2D eigenvalue weighted by Gasteiger charge is -2.17. The predicted octanol–water partition coefficient (Wildman–Crippen LogP) is 1.86. The van der Waals surface area contributed by atoms with Crippen LogP contribution in [-0.2, 0) is 11.3 Å². The van der Waals surface area contributed by atoms with Crippen molar-refractivity contribution in [3.8, 4) is 0 Å². The fourth-order valence-electron chi connectivity index (χ4n) is 0.849. The number of nitrogens with one attached hydrogen (secondary N) is 1. The van der Waals surface area contributed by atoms with Crippen LogP contribution in [0.15, 0.2) is 15.2 Å². The lowest BCUT2D eigenvalue weighted by atomic mass is 10.1. The van der Waals surface area contributed by atoms with Crippen molar-refractivity contribution in [3.63, 3.8) is 0 Å². The van der Waals surface area contributed by atoms with E-state index in [4.69, 9.17) is 5.73 Å². The van der Waals surface area contributed by atoms with E-state index in [1.807, 2.05) is 11.4 Å². The Hall–Kier alpha value is -0.390. The largest absolute Gasteiger partial charge is 0.350 e.